The van der Waals surface area contributed by atoms with E-state index < -0.39 is 0 Å². The highest BCUT2D eigenvalue weighted by Crippen LogP contribution is 2.30. The number of carbonyl (C=O) groups excluding carboxylic acids is 2. The van der Waals surface area contributed by atoms with Gasteiger partial charge in [0.15, 0.2) is 5.76 Å². The Hall–Kier alpha value is -3.38. The molecule has 0 bridgehead atoms. The van der Waals surface area contributed by atoms with Crippen LogP contribution in [0, 0.1) is 13.8 Å². The first-order valence-electron chi connectivity index (χ1n) is 10.1. The summed E-state index contributed by atoms with van der Waals surface area (Å²) in [6.07, 6.45) is 2.21. The molecule has 1 aromatic heterocycles. The van der Waals surface area contributed by atoms with E-state index in [-0.39, 0.29) is 17.6 Å². The Morgan fingerprint density at radius 1 is 1.00 bits per heavy atom. The summed E-state index contributed by atoms with van der Waals surface area (Å²) >= 11 is 6.09. The quantitative estimate of drug-likeness (QED) is 0.547. The molecule has 0 saturated carbocycles. The fraction of sp³-hybridized carbons (Fsp3) is 0.208. The summed E-state index contributed by atoms with van der Waals surface area (Å²) in [7, 11) is 0. The Labute approximate surface area is 185 Å². The van der Waals surface area contributed by atoms with Crippen LogP contribution in [0.3, 0.4) is 0 Å². The Morgan fingerprint density at radius 2 is 1.74 bits per heavy atom. The molecule has 2 amide bonds. The SMILES string of the molecule is Cc1ccccc1NC(=O)c1oc2c(c1C)/C(=N/NC(=O)c1ccccc1Cl)CCC2. The largest absolute Gasteiger partial charge is 0.455 e. The molecule has 31 heavy (non-hydrogen) atoms. The zero-order valence-electron chi connectivity index (χ0n) is 17.3. The average Bonchev–Trinajstić information content (AvgIpc) is 3.11. The fourth-order valence-electron chi connectivity index (χ4n) is 3.71. The summed E-state index contributed by atoms with van der Waals surface area (Å²) < 4.78 is 5.92. The molecule has 6 nitrogen and oxygen atoms in total. The second kappa shape index (κ2) is 8.78. The first-order valence-corrected chi connectivity index (χ1v) is 10.4. The highest BCUT2D eigenvalue weighted by molar-refractivity contribution is 6.33. The molecule has 0 aliphatic heterocycles. The molecule has 0 unspecified atom stereocenters. The second-order valence-corrected chi connectivity index (χ2v) is 7.86. The smallest absolute Gasteiger partial charge is 0.291 e. The van der Waals surface area contributed by atoms with Crippen LogP contribution in [0.15, 0.2) is 58.0 Å². The zero-order valence-corrected chi connectivity index (χ0v) is 18.0. The van der Waals surface area contributed by atoms with Gasteiger partial charge in [0.2, 0.25) is 0 Å². The average molecular weight is 436 g/mol. The predicted octanol–water partition coefficient (Wildman–Crippen LogP) is 5.27. The Bertz CT molecular complexity index is 1200. The van der Waals surface area contributed by atoms with Crippen LogP contribution in [0.4, 0.5) is 5.69 Å². The van der Waals surface area contributed by atoms with Gasteiger partial charge in [0, 0.05) is 23.2 Å². The number of nitrogens with zero attached hydrogens (tertiary/aromatic N) is 1. The third-order valence-corrected chi connectivity index (χ3v) is 5.67. The van der Waals surface area contributed by atoms with E-state index in [4.69, 9.17) is 16.0 Å². The van der Waals surface area contributed by atoms with E-state index in [1.54, 1.807) is 24.3 Å². The van der Waals surface area contributed by atoms with Crippen LogP contribution in [0.2, 0.25) is 5.02 Å². The molecule has 2 N–H and O–H groups in total. The number of hydrogen-bond acceptors (Lipinski definition) is 4. The molecular formula is C24H22ClN3O3. The van der Waals surface area contributed by atoms with Crippen molar-refractivity contribution in [1.82, 2.24) is 5.43 Å². The van der Waals surface area contributed by atoms with E-state index in [9.17, 15) is 9.59 Å². The van der Waals surface area contributed by atoms with Crippen LogP contribution >= 0.6 is 11.6 Å². The lowest BCUT2D eigenvalue weighted by molar-refractivity contribution is 0.0953. The van der Waals surface area contributed by atoms with Gasteiger partial charge >= 0.3 is 0 Å². The molecule has 0 fully saturated rings. The van der Waals surface area contributed by atoms with Crippen LogP contribution < -0.4 is 10.7 Å². The summed E-state index contributed by atoms with van der Waals surface area (Å²) in [4.78, 5) is 25.3. The van der Waals surface area contributed by atoms with Gasteiger partial charge in [0.05, 0.1) is 16.3 Å². The summed E-state index contributed by atoms with van der Waals surface area (Å²) in [5.41, 5.74) is 6.84. The minimum Gasteiger partial charge on any atom is -0.455 e. The molecule has 0 atom stereocenters. The van der Waals surface area contributed by atoms with Gasteiger partial charge in [0.1, 0.15) is 5.76 Å². The number of aryl methyl sites for hydroxylation is 2. The number of nitrogens with one attached hydrogen (secondary N) is 2. The van der Waals surface area contributed by atoms with E-state index >= 15 is 0 Å². The van der Waals surface area contributed by atoms with Crippen molar-refractivity contribution in [2.75, 3.05) is 5.32 Å². The topological polar surface area (TPSA) is 83.7 Å². The van der Waals surface area contributed by atoms with Gasteiger partial charge in [-0.2, -0.15) is 5.10 Å². The molecule has 158 valence electrons. The lowest BCUT2D eigenvalue weighted by Crippen LogP contribution is -2.22. The number of rotatable bonds is 4. The van der Waals surface area contributed by atoms with E-state index in [0.29, 0.717) is 40.5 Å². The summed E-state index contributed by atoms with van der Waals surface area (Å²) in [6, 6.07) is 14.4. The molecule has 7 heteroatoms. The minimum atomic E-state index is -0.385. The van der Waals surface area contributed by atoms with Crippen LogP contribution in [0.5, 0.6) is 0 Å². The number of halogens is 1. The summed E-state index contributed by atoms with van der Waals surface area (Å²) in [5, 5.41) is 7.61. The Kier molecular flexibility index (Phi) is 5.91. The summed E-state index contributed by atoms with van der Waals surface area (Å²) in [5.74, 6) is 0.286. The van der Waals surface area contributed by atoms with E-state index in [1.807, 2.05) is 38.1 Å². The number of fused-ring (bicyclic) bond motifs is 1. The number of hydrogen-bond donors (Lipinski definition) is 2. The van der Waals surface area contributed by atoms with Gasteiger partial charge in [-0.25, -0.2) is 5.43 Å². The monoisotopic (exact) mass is 435 g/mol. The van der Waals surface area contributed by atoms with E-state index in [0.717, 1.165) is 23.2 Å². The number of furan rings is 1. The summed E-state index contributed by atoms with van der Waals surface area (Å²) in [6.45, 7) is 3.77. The fourth-order valence-corrected chi connectivity index (χ4v) is 3.93. The molecule has 0 spiro atoms. The maximum Gasteiger partial charge on any atom is 0.291 e. The Morgan fingerprint density at radius 3 is 2.52 bits per heavy atom. The first-order chi connectivity index (χ1) is 15.0. The van der Waals surface area contributed by atoms with Crippen molar-refractivity contribution >= 4 is 34.8 Å². The van der Waals surface area contributed by atoms with Crippen LogP contribution in [0.1, 0.15) is 56.2 Å². The van der Waals surface area contributed by atoms with Gasteiger partial charge in [-0.3, -0.25) is 9.59 Å². The molecule has 1 aliphatic rings. The van der Waals surface area contributed by atoms with Gasteiger partial charge < -0.3 is 9.73 Å². The van der Waals surface area contributed by atoms with Crippen LogP contribution in [0.25, 0.3) is 0 Å². The molecule has 0 saturated heterocycles. The van der Waals surface area contributed by atoms with Gasteiger partial charge in [-0.15, -0.1) is 0 Å². The predicted molar refractivity (Wildman–Crippen MR) is 121 cm³/mol. The Balaban J connectivity index is 1.59. The molecule has 0 radical (unpaired) electrons. The molecule has 3 aromatic rings. The van der Waals surface area contributed by atoms with Crippen molar-refractivity contribution in [2.24, 2.45) is 5.10 Å². The first kappa shape index (κ1) is 20.9. The maximum absolute atomic E-state index is 12.9. The molecule has 4 rings (SSSR count). The zero-order chi connectivity index (χ0) is 22.0. The van der Waals surface area contributed by atoms with Gasteiger partial charge in [-0.1, -0.05) is 41.9 Å². The van der Waals surface area contributed by atoms with E-state index in [2.05, 4.69) is 15.8 Å². The van der Waals surface area contributed by atoms with Crippen molar-refractivity contribution in [3.8, 4) is 0 Å². The normalized spacial score (nSPS) is 14.2. The lowest BCUT2D eigenvalue weighted by atomic mass is 9.93. The van der Waals surface area contributed by atoms with Crippen molar-refractivity contribution < 1.29 is 14.0 Å². The molecule has 1 heterocycles. The number of amides is 2. The molecular weight excluding hydrogens is 414 g/mol. The maximum atomic E-state index is 12.9. The highest BCUT2D eigenvalue weighted by atomic mass is 35.5. The molecule has 2 aromatic carbocycles. The lowest BCUT2D eigenvalue weighted by Gasteiger charge is -2.13. The minimum absolute atomic E-state index is 0.264. The third-order valence-electron chi connectivity index (χ3n) is 5.34. The third kappa shape index (κ3) is 4.25. The number of para-hydroxylation sites is 1. The number of benzene rings is 2. The second-order valence-electron chi connectivity index (χ2n) is 7.46. The number of carbonyl (C=O) groups is 2. The van der Waals surface area contributed by atoms with Crippen molar-refractivity contribution in [2.45, 2.75) is 33.1 Å². The van der Waals surface area contributed by atoms with Crippen LogP contribution in [-0.2, 0) is 6.42 Å². The molecule has 1 aliphatic carbocycles. The van der Waals surface area contributed by atoms with Gasteiger partial charge in [-0.05, 0) is 50.5 Å². The standard InChI is InChI=1S/C24H22ClN3O3/c1-14-8-3-6-11-18(14)26-24(30)22-15(2)21-19(12-7-13-20(21)31-22)27-28-23(29)16-9-4-5-10-17(16)25/h3-6,8-11H,7,12-13H2,1-2H3,(H,26,30)(H,28,29)/b27-19+. The van der Waals surface area contributed by atoms with Gasteiger partial charge in [0.25, 0.3) is 11.8 Å². The number of anilines is 1. The van der Waals surface area contributed by atoms with Crippen molar-refractivity contribution in [3.63, 3.8) is 0 Å². The van der Waals surface area contributed by atoms with Crippen molar-refractivity contribution in [1.29, 1.82) is 0 Å². The van der Waals surface area contributed by atoms with E-state index in [1.165, 1.54) is 0 Å². The number of hydrazone groups is 1. The van der Waals surface area contributed by atoms with Crippen LogP contribution in [-0.4, -0.2) is 17.5 Å². The highest BCUT2D eigenvalue weighted by Gasteiger charge is 2.28. The van der Waals surface area contributed by atoms with Crippen molar-refractivity contribution in [3.05, 3.63) is 87.3 Å².